The van der Waals surface area contributed by atoms with Gasteiger partial charge in [-0.15, -0.1) is 0 Å². The first-order chi connectivity index (χ1) is 10.1. The highest BCUT2D eigenvalue weighted by Gasteiger charge is 2.21. The molecule has 21 heavy (non-hydrogen) atoms. The van der Waals surface area contributed by atoms with E-state index in [4.69, 9.17) is 11.6 Å². The molecular weight excluding hydrogens is 289 g/mol. The Balaban J connectivity index is 2.21. The van der Waals surface area contributed by atoms with Crippen molar-refractivity contribution in [2.24, 2.45) is 0 Å². The van der Waals surface area contributed by atoms with Crippen LogP contribution >= 0.6 is 11.6 Å². The number of hydrogen-bond donors (Lipinski definition) is 1. The van der Waals surface area contributed by atoms with Crippen molar-refractivity contribution in [1.29, 1.82) is 0 Å². The van der Waals surface area contributed by atoms with Gasteiger partial charge in [0.05, 0.1) is 16.6 Å². The summed E-state index contributed by atoms with van der Waals surface area (Å²) in [5.74, 6) is -1.12. The van der Waals surface area contributed by atoms with Crippen LogP contribution in [0, 0.1) is 5.82 Å². The fourth-order valence-electron chi connectivity index (χ4n) is 2.24. The van der Waals surface area contributed by atoms with E-state index in [1.54, 1.807) is 6.07 Å². The molecule has 0 heterocycles. The Morgan fingerprint density at radius 2 is 1.90 bits per heavy atom. The zero-order valence-corrected chi connectivity index (χ0v) is 12.5. The largest absolute Gasteiger partial charge is 0.323 e. The molecule has 0 bridgehead atoms. The van der Waals surface area contributed by atoms with Crippen molar-refractivity contribution in [2.45, 2.75) is 25.7 Å². The van der Waals surface area contributed by atoms with Gasteiger partial charge in [0.15, 0.2) is 5.82 Å². The van der Waals surface area contributed by atoms with E-state index in [0.29, 0.717) is 6.42 Å². The summed E-state index contributed by atoms with van der Waals surface area (Å²) >= 11 is 5.73. The van der Waals surface area contributed by atoms with E-state index < -0.39 is 5.82 Å². The molecule has 0 aliphatic carbocycles. The van der Waals surface area contributed by atoms with Crippen LogP contribution in [-0.4, -0.2) is 5.91 Å². The number of nitrogens with one attached hydrogen (secondary N) is 1. The summed E-state index contributed by atoms with van der Waals surface area (Å²) in [6.45, 7) is 2.02. The minimum Gasteiger partial charge on any atom is -0.323 e. The monoisotopic (exact) mass is 305 g/mol. The highest BCUT2D eigenvalue weighted by molar-refractivity contribution is 6.31. The first kappa shape index (κ1) is 15.5. The van der Waals surface area contributed by atoms with Gasteiger partial charge in [0.25, 0.3) is 0 Å². The van der Waals surface area contributed by atoms with Crippen LogP contribution in [0.3, 0.4) is 0 Å². The highest BCUT2D eigenvalue weighted by atomic mass is 35.5. The summed E-state index contributed by atoms with van der Waals surface area (Å²) in [6, 6.07) is 14.1. The van der Waals surface area contributed by atoms with Gasteiger partial charge in [0, 0.05) is 0 Å². The Morgan fingerprint density at radius 1 is 1.19 bits per heavy atom. The van der Waals surface area contributed by atoms with Crippen LogP contribution in [0.5, 0.6) is 0 Å². The van der Waals surface area contributed by atoms with Gasteiger partial charge in [-0.05, 0) is 24.1 Å². The lowest BCUT2D eigenvalue weighted by atomic mass is 9.93. The predicted molar refractivity (Wildman–Crippen MR) is 84.1 cm³/mol. The van der Waals surface area contributed by atoms with Crippen molar-refractivity contribution in [3.63, 3.8) is 0 Å². The lowest BCUT2D eigenvalue weighted by molar-refractivity contribution is -0.117. The average Bonchev–Trinajstić information content (AvgIpc) is 2.50. The number of carbonyl (C=O) groups excluding carboxylic acids is 1. The summed E-state index contributed by atoms with van der Waals surface area (Å²) < 4.78 is 13.9. The number of amides is 1. The topological polar surface area (TPSA) is 29.1 Å². The number of anilines is 1. The Labute approximate surface area is 128 Å². The molecule has 0 spiro atoms. The molecule has 2 rings (SSSR count). The van der Waals surface area contributed by atoms with Crippen LogP contribution in [0.15, 0.2) is 48.5 Å². The van der Waals surface area contributed by atoms with E-state index >= 15 is 0 Å². The fourth-order valence-corrected chi connectivity index (χ4v) is 2.42. The third-order valence-corrected chi connectivity index (χ3v) is 3.60. The molecule has 0 fully saturated rings. The molecule has 1 atom stereocenters. The van der Waals surface area contributed by atoms with Crippen molar-refractivity contribution in [1.82, 2.24) is 0 Å². The molecule has 2 aromatic rings. The average molecular weight is 306 g/mol. The van der Waals surface area contributed by atoms with E-state index in [1.165, 1.54) is 12.1 Å². The smallest absolute Gasteiger partial charge is 0.231 e. The number of rotatable bonds is 5. The van der Waals surface area contributed by atoms with Gasteiger partial charge in [-0.1, -0.05) is 61.3 Å². The predicted octanol–water partition coefficient (Wildman–Crippen LogP) is 5.00. The van der Waals surface area contributed by atoms with Gasteiger partial charge in [-0.3, -0.25) is 4.79 Å². The fraction of sp³-hybridized carbons (Fsp3) is 0.235. The quantitative estimate of drug-likeness (QED) is 0.827. The van der Waals surface area contributed by atoms with Crippen molar-refractivity contribution < 1.29 is 9.18 Å². The van der Waals surface area contributed by atoms with Crippen molar-refractivity contribution in [3.05, 3.63) is 64.9 Å². The van der Waals surface area contributed by atoms with Gasteiger partial charge in [0.2, 0.25) is 5.91 Å². The Bertz CT molecular complexity index is 615. The third-order valence-electron chi connectivity index (χ3n) is 3.31. The van der Waals surface area contributed by atoms with Crippen LogP contribution in [0.2, 0.25) is 5.02 Å². The van der Waals surface area contributed by atoms with E-state index in [0.717, 1.165) is 12.0 Å². The van der Waals surface area contributed by atoms with Crippen molar-refractivity contribution in [2.75, 3.05) is 5.32 Å². The molecule has 0 saturated heterocycles. The number of hydrogen-bond acceptors (Lipinski definition) is 1. The van der Waals surface area contributed by atoms with Crippen LogP contribution in [0.1, 0.15) is 31.2 Å². The van der Waals surface area contributed by atoms with E-state index in [-0.39, 0.29) is 22.5 Å². The second-order valence-corrected chi connectivity index (χ2v) is 5.25. The molecule has 0 radical (unpaired) electrons. The maximum absolute atomic E-state index is 13.9. The molecule has 2 nitrogen and oxygen atoms in total. The van der Waals surface area contributed by atoms with E-state index in [2.05, 4.69) is 5.32 Å². The molecule has 2 aromatic carbocycles. The van der Waals surface area contributed by atoms with Crippen LogP contribution < -0.4 is 5.32 Å². The maximum Gasteiger partial charge on any atom is 0.231 e. The minimum atomic E-state index is -0.601. The summed E-state index contributed by atoms with van der Waals surface area (Å²) in [5, 5.41) is 2.64. The molecule has 110 valence electrons. The summed E-state index contributed by atoms with van der Waals surface area (Å²) in [4.78, 5) is 12.4. The van der Waals surface area contributed by atoms with Gasteiger partial charge in [-0.25, -0.2) is 4.39 Å². The molecule has 4 heteroatoms. The van der Waals surface area contributed by atoms with Gasteiger partial charge in [-0.2, -0.15) is 0 Å². The number of carbonyl (C=O) groups is 1. The molecule has 0 saturated carbocycles. The minimum absolute atomic E-state index is 0.000414. The zero-order chi connectivity index (χ0) is 15.2. The van der Waals surface area contributed by atoms with Gasteiger partial charge in [0.1, 0.15) is 0 Å². The summed E-state index contributed by atoms with van der Waals surface area (Å²) in [6.07, 6.45) is 1.57. The SMILES string of the molecule is CCCC(C(=O)Nc1cccc(Cl)c1F)c1ccccc1. The lowest BCUT2D eigenvalue weighted by Gasteiger charge is -2.17. The van der Waals surface area contributed by atoms with Crippen molar-refractivity contribution >= 4 is 23.2 Å². The highest BCUT2D eigenvalue weighted by Crippen LogP contribution is 2.26. The van der Waals surface area contributed by atoms with Gasteiger partial charge < -0.3 is 5.32 Å². The number of halogens is 2. The second-order valence-electron chi connectivity index (χ2n) is 4.84. The van der Waals surface area contributed by atoms with Gasteiger partial charge >= 0.3 is 0 Å². The lowest BCUT2D eigenvalue weighted by Crippen LogP contribution is -2.21. The third kappa shape index (κ3) is 3.82. The van der Waals surface area contributed by atoms with Crippen LogP contribution in [0.25, 0.3) is 0 Å². The van der Waals surface area contributed by atoms with E-state index in [9.17, 15) is 9.18 Å². The first-order valence-electron chi connectivity index (χ1n) is 6.93. The van der Waals surface area contributed by atoms with E-state index in [1.807, 2.05) is 37.3 Å². The van der Waals surface area contributed by atoms with Crippen molar-refractivity contribution in [3.8, 4) is 0 Å². The molecule has 0 aliphatic rings. The Hall–Kier alpha value is -1.87. The standard InChI is InChI=1S/C17H17ClFNO/c1-2-7-13(12-8-4-3-5-9-12)17(21)20-15-11-6-10-14(18)16(15)19/h3-6,8-11,13H,2,7H2,1H3,(H,20,21). The van der Waals surface area contributed by atoms with Crippen LogP contribution in [0.4, 0.5) is 10.1 Å². The molecular formula is C17H17ClFNO. The molecule has 0 aliphatic heterocycles. The number of benzene rings is 2. The molecule has 1 unspecified atom stereocenters. The summed E-state index contributed by atoms with van der Waals surface area (Å²) in [7, 11) is 0. The molecule has 1 N–H and O–H groups in total. The maximum atomic E-state index is 13.9. The Morgan fingerprint density at radius 3 is 2.57 bits per heavy atom. The Kier molecular flexibility index (Phi) is 5.34. The molecule has 0 aromatic heterocycles. The van der Waals surface area contributed by atoms with Crippen LogP contribution in [-0.2, 0) is 4.79 Å². The zero-order valence-electron chi connectivity index (χ0n) is 11.8. The summed E-state index contributed by atoms with van der Waals surface area (Å²) in [5.41, 5.74) is 1.05. The first-order valence-corrected chi connectivity index (χ1v) is 7.31. The molecule has 1 amide bonds. The normalized spacial score (nSPS) is 12.0. The second kappa shape index (κ2) is 7.23.